The molecular weight excluding hydrogens is 411 g/mol. The Balaban J connectivity index is 4.38. The smallest absolute Gasteiger partial charge is 0.383 e. The number of phosphoric ester groups is 1. The summed E-state index contributed by atoms with van der Waals surface area (Å²) in [4.78, 5) is 33.8. The van der Waals surface area contributed by atoms with Crippen molar-refractivity contribution in [1.82, 2.24) is 10.6 Å². The van der Waals surface area contributed by atoms with Crippen LogP contribution in [0, 0.1) is 17.3 Å². The van der Waals surface area contributed by atoms with E-state index in [0.717, 1.165) is 6.42 Å². The highest BCUT2D eigenvalue weighted by Crippen LogP contribution is 2.48. The minimum atomic E-state index is -4.33. The summed E-state index contributed by atoms with van der Waals surface area (Å²) < 4.78 is 21.9. The molecule has 0 fully saturated rings. The van der Waals surface area contributed by atoms with Crippen molar-refractivity contribution in [2.75, 3.05) is 19.7 Å². The fraction of sp³-hybridized carbons (Fsp3) is 0.900. The lowest BCUT2D eigenvalue weighted by molar-refractivity contribution is -0.137. The molecule has 0 aromatic rings. The predicted molar refractivity (Wildman–Crippen MR) is 116 cm³/mol. The van der Waals surface area contributed by atoms with Crippen LogP contribution in [0.3, 0.4) is 0 Å². The Labute approximate surface area is 180 Å². The van der Waals surface area contributed by atoms with Crippen molar-refractivity contribution in [3.05, 3.63) is 0 Å². The van der Waals surface area contributed by atoms with Gasteiger partial charge in [-0.05, 0) is 39.0 Å². The van der Waals surface area contributed by atoms with Gasteiger partial charge in [0.15, 0.2) is 0 Å². The minimum Gasteiger partial charge on any atom is -0.383 e. The van der Waals surface area contributed by atoms with Crippen molar-refractivity contribution in [1.29, 1.82) is 0 Å². The van der Waals surface area contributed by atoms with Crippen molar-refractivity contribution in [3.8, 4) is 0 Å². The molecule has 0 aliphatic rings. The van der Waals surface area contributed by atoms with Crippen LogP contribution in [0.2, 0.25) is 0 Å². The first-order valence-electron chi connectivity index (χ1n) is 10.4. The lowest BCUT2D eigenvalue weighted by Gasteiger charge is -2.31. The van der Waals surface area contributed by atoms with Crippen molar-refractivity contribution in [2.45, 2.75) is 79.9 Å². The lowest BCUT2D eigenvalue weighted by Crippen LogP contribution is -2.46. The van der Waals surface area contributed by atoms with Gasteiger partial charge in [0.25, 0.3) is 0 Å². The Morgan fingerprint density at radius 2 is 1.60 bits per heavy atom. The van der Waals surface area contributed by atoms with E-state index in [0.29, 0.717) is 18.4 Å². The molecule has 30 heavy (non-hydrogen) atoms. The van der Waals surface area contributed by atoms with Crippen molar-refractivity contribution in [2.24, 2.45) is 17.3 Å². The first kappa shape index (κ1) is 29.0. The Kier molecular flexibility index (Phi) is 11.7. The second-order valence-corrected chi connectivity index (χ2v) is 11.1. The van der Waals surface area contributed by atoms with Gasteiger partial charge in [-0.3, -0.25) is 18.6 Å². The maximum atomic E-state index is 12.2. The fourth-order valence-corrected chi connectivity index (χ4v) is 3.55. The number of aliphatic hydroxyl groups excluding tert-OH is 1. The number of hydrogen-bond acceptors (Lipinski definition) is 6. The van der Waals surface area contributed by atoms with E-state index in [1.807, 2.05) is 0 Å². The minimum absolute atomic E-state index is 0.0734. The molecule has 0 spiro atoms. The first-order chi connectivity index (χ1) is 13.5. The molecule has 0 aliphatic carbocycles. The second kappa shape index (κ2) is 12.2. The first-order valence-corrected chi connectivity index (χ1v) is 11.9. The molecule has 2 amide bonds. The van der Waals surface area contributed by atoms with E-state index in [-0.39, 0.29) is 25.5 Å². The SMILES string of the molecule is CC(C)C(C)CCNC(=O)CCNC(=O)C(O)C(C)(C)COP(=O)(O)OC(C)(C)C. The van der Waals surface area contributed by atoms with Gasteiger partial charge in [0, 0.05) is 24.9 Å². The molecule has 0 radical (unpaired) electrons. The maximum absolute atomic E-state index is 12.2. The number of aliphatic hydroxyl groups is 1. The number of phosphoric acid groups is 1. The molecule has 0 aromatic carbocycles. The van der Waals surface area contributed by atoms with Crippen LogP contribution in [0.25, 0.3) is 0 Å². The second-order valence-electron chi connectivity index (χ2n) is 9.74. The third kappa shape index (κ3) is 12.6. The van der Waals surface area contributed by atoms with Crippen LogP contribution >= 0.6 is 7.82 Å². The summed E-state index contributed by atoms with van der Waals surface area (Å²) in [6.45, 7) is 14.5. The van der Waals surface area contributed by atoms with Crippen LogP contribution in [0.15, 0.2) is 0 Å². The van der Waals surface area contributed by atoms with E-state index in [1.165, 1.54) is 13.8 Å². The number of amides is 2. The van der Waals surface area contributed by atoms with Gasteiger partial charge in [-0.15, -0.1) is 0 Å². The Morgan fingerprint density at radius 3 is 2.10 bits per heavy atom. The monoisotopic (exact) mass is 452 g/mol. The molecule has 3 unspecified atom stereocenters. The largest absolute Gasteiger partial charge is 0.472 e. The van der Waals surface area contributed by atoms with Gasteiger partial charge in [0.2, 0.25) is 11.8 Å². The summed E-state index contributed by atoms with van der Waals surface area (Å²) in [6.07, 6.45) is -0.519. The Morgan fingerprint density at radius 1 is 1.03 bits per heavy atom. The van der Waals surface area contributed by atoms with Crippen molar-refractivity contribution < 1.29 is 33.2 Å². The van der Waals surface area contributed by atoms with E-state index in [9.17, 15) is 24.2 Å². The summed E-state index contributed by atoms with van der Waals surface area (Å²) in [6, 6.07) is 0. The molecule has 0 aliphatic heterocycles. The fourth-order valence-electron chi connectivity index (χ4n) is 2.31. The Hall–Kier alpha value is -0.990. The summed E-state index contributed by atoms with van der Waals surface area (Å²) in [5, 5.41) is 15.6. The molecule has 3 atom stereocenters. The molecule has 0 bridgehead atoms. The number of carbonyl (C=O) groups excluding carboxylic acids is 2. The summed E-state index contributed by atoms with van der Waals surface area (Å²) in [7, 11) is -4.33. The van der Waals surface area contributed by atoms with Gasteiger partial charge in [-0.2, -0.15) is 0 Å². The molecule has 0 saturated carbocycles. The summed E-state index contributed by atoms with van der Waals surface area (Å²) >= 11 is 0. The average Bonchev–Trinajstić information content (AvgIpc) is 2.57. The van der Waals surface area contributed by atoms with Gasteiger partial charge in [0.1, 0.15) is 6.10 Å². The van der Waals surface area contributed by atoms with Crippen LogP contribution in [0.5, 0.6) is 0 Å². The molecule has 9 nitrogen and oxygen atoms in total. The van der Waals surface area contributed by atoms with Gasteiger partial charge >= 0.3 is 7.82 Å². The van der Waals surface area contributed by atoms with Crippen molar-refractivity contribution >= 4 is 19.6 Å². The van der Waals surface area contributed by atoms with Crippen molar-refractivity contribution in [3.63, 3.8) is 0 Å². The van der Waals surface area contributed by atoms with Crippen LogP contribution in [0.1, 0.15) is 68.2 Å². The standard InChI is InChI=1S/C20H41N2O7P/c1-14(2)15(3)9-11-21-16(23)10-12-22-18(25)17(24)20(7,8)13-28-30(26,27)29-19(4,5)6/h14-15,17,24H,9-13H2,1-8H3,(H,21,23)(H,22,25)(H,26,27). The highest BCUT2D eigenvalue weighted by molar-refractivity contribution is 7.47. The number of hydrogen-bond donors (Lipinski definition) is 4. The zero-order chi connectivity index (χ0) is 23.8. The molecule has 0 heterocycles. The molecule has 4 N–H and O–H groups in total. The summed E-state index contributed by atoms with van der Waals surface area (Å²) in [5.74, 6) is 0.195. The molecule has 178 valence electrons. The highest BCUT2D eigenvalue weighted by Gasteiger charge is 2.38. The van der Waals surface area contributed by atoms with Gasteiger partial charge in [-0.1, -0.05) is 34.6 Å². The summed E-state index contributed by atoms with van der Waals surface area (Å²) in [5.41, 5.74) is -2.04. The highest BCUT2D eigenvalue weighted by atomic mass is 31.2. The zero-order valence-electron chi connectivity index (χ0n) is 19.7. The van der Waals surface area contributed by atoms with Crippen LogP contribution < -0.4 is 10.6 Å². The van der Waals surface area contributed by atoms with Gasteiger partial charge in [0.05, 0.1) is 12.2 Å². The number of carbonyl (C=O) groups is 2. The van der Waals surface area contributed by atoms with Gasteiger partial charge in [-0.25, -0.2) is 4.57 Å². The van der Waals surface area contributed by atoms with E-state index >= 15 is 0 Å². The molecule has 10 heteroatoms. The van der Waals surface area contributed by atoms with Crippen LogP contribution in [-0.4, -0.2) is 53.2 Å². The van der Waals surface area contributed by atoms with Crippen LogP contribution in [-0.2, 0) is 23.2 Å². The number of nitrogens with one attached hydrogen (secondary N) is 2. The molecule has 0 saturated heterocycles. The zero-order valence-corrected chi connectivity index (χ0v) is 20.5. The van der Waals surface area contributed by atoms with Crippen LogP contribution in [0.4, 0.5) is 0 Å². The molecule has 0 aromatic heterocycles. The van der Waals surface area contributed by atoms with E-state index in [1.54, 1.807) is 20.8 Å². The van der Waals surface area contributed by atoms with E-state index in [2.05, 4.69) is 31.4 Å². The number of rotatable bonds is 13. The third-order valence-corrected chi connectivity index (χ3v) is 5.92. The van der Waals surface area contributed by atoms with E-state index in [4.69, 9.17) is 9.05 Å². The molecule has 0 rings (SSSR count). The van der Waals surface area contributed by atoms with Gasteiger partial charge < -0.3 is 20.6 Å². The normalized spacial score (nSPS) is 16.6. The Bertz CT molecular complexity index is 602. The third-order valence-electron chi connectivity index (χ3n) is 4.69. The molecular formula is C20H41N2O7P. The maximum Gasteiger partial charge on any atom is 0.472 e. The lowest BCUT2D eigenvalue weighted by atomic mass is 9.87. The quantitative estimate of drug-likeness (QED) is 0.316. The predicted octanol–water partition coefficient (Wildman–Crippen LogP) is 2.61. The van der Waals surface area contributed by atoms with E-state index < -0.39 is 30.8 Å². The topological polar surface area (TPSA) is 134 Å². The average molecular weight is 453 g/mol.